The van der Waals surface area contributed by atoms with E-state index in [1.54, 1.807) is 0 Å². The number of amides is 1. The molecule has 3 unspecified atom stereocenters. The summed E-state index contributed by atoms with van der Waals surface area (Å²) in [7, 11) is 0. The van der Waals surface area contributed by atoms with Crippen LogP contribution in [0.1, 0.15) is 265 Å². The number of unbranched alkanes of at least 4 members (excludes halogenated alkanes) is 30. The Labute approximate surface area is 354 Å². The van der Waals surface area contributed by atoms with Crippen molar-refractivity contribution in [3.05, 3.63) is 24.3 Å². The number of esters is 1. The Morgan fingerprint density at radius 3 is 1.33 bits per heavy atom. The fourth-order valence-electron chi connectivity index (χ4n) is 7.72. The summed E-state index contributed by atoms with van der Waals surface area (Å²) in [6.07, 6.45) is 50.9. The van der Waals surface area contributed by atoms with Gasteiger partial charge < -0.3 is 20.3 Å². The van der Waals surface area contributed by atoms with E-state index in [0.29, 0.717) is 19.3 Å². The Bertz CT molecular complexity index is 904. The number of nitrogens with one attached hydrogen (secondary N) is 1. The van der Waals surface area contributed by atoms with Crippen LogP contribution in [0.2, 0.25) is 0 Å². The molecule has 6 nitrogen and oxygen atoms in total. The number of carbonyl (C=O) groups is 2. The lowest BCUT2D eigenvalue weighted by atomic mass is 10.0. The summed E-state index contributed by atoms with van der Waals surface area (Å²) in [5, 5.41) is 23.7. The van der Waals surface area contributed by atoms with Gasteiger partial charge >= 0.3 is 5.97 Å². The van der Waals surface area contributed by atoms with Gasteiger partial charge in [0.1, 0.15) is 6.10 Å². The van der Waals surface area contributed by atoms with Crippen LogP contribution in [0.3, 0.4) is 0 Å². The van der Waals surface area contributed by atoms with E-state index in [1.807, 2.05) is 0 Å². The van der Waals surface area contributed by atoms with Crippen molar-refractivity contribution in [1.29, 1.82) is 0 Å². The van der Waals surface area contributed by atoms with Crippen molar-refractivity contribution in [1.82, 2.24) is 5.32 Å². The molecule has 3 atom stereocenters. The summed E-state index contributed by atoms with van der Waals surface area (Å²) in [4.78, 5) is 26.0. The summed E-state index contributed by atoms with van der Waals surface area (Å²) >= 11 is 0. The van der Waals surface area contributed by atoms with Crippen LogP contribution in [-0.2, 0) is 14.3 Å². The van der Waals surface area contributed by atoms with Gasteiger partial charge in [-0.15, -0.1) is 0 Å². The van der Waals surface area contributed by atoms with Crippen LogP contribution in [0.25, 0.3) is 0 Å². The molecule has 0 aliphatic carbocycles. The van der Waals surface area contributed by atoms with Crippen LogP contribution < -0.4 is 5.32 Å². The lowest BCUT2D eigenvalue weighted by Gasteiger charge is -2.24. The molecule has 0 radical (unpaired) electrons. The molecule has 0 bridgehead atoms. The summed E-state index contributed by atoms with van der Waals surface area (Å²) in [5.41, 5.74) is 0. The van der Waals surface area contributed by atoms with E-state index in [4.69, 9.17) is 4.74 Å². The highest BCUT2D eigenvalue weighted by Gasteiger charge is 2.24. The van der Waals surface area contributed by atoms with Gasteiger partial charge in [-0.25, -0.2) is 0 Å². The average Bonchev–Trinajstić information content (AvgIpc) is 3.20. The van der Waals surface area contributed by atoms with Gasteiger partial charge in [-0.05, 0) is 51.4 Å². The van der Waals surface area contributed by atoms with Crippen LogP contribution >= 0.6 is 0 Å². The molecule has 0 aromatic carbocycles. The average molecular weight is 804 g/mol. The molecule has 0 saturated heterocycles. The van der Waals surface area contributed by atoms with Crippen LogP contribution in [-0.4, -0.2) is 46.9 Å². The third-order valence-corrected chi connectivity index (χ3v) is 11.6. The van der Waals surface area contributed by atoms with Gasteiger partial charge in [-0.3, -0.25) is 9.59 Å². The minimum Gasteiger partial charge on any atom is -0.462 e. The molecule has 0 rings (SSSR count). The fraction of sp³-hybridized carbons (Fsp3) is 0.882. The lowest BCUT2D eigenvalue weighted by molar-refractivity contribution is -0.151. The summed E-state index contributed by atoms with van der Waals surface area (Å²) < 4.78 is 5.91. The molecule has 0 saturated carbocycles. The molecule has 3 N–H and O–H groups in total. The zero-order valence-corrected chi connectivity index (χ0v) is 38.2. The van der Waals surface area contributed by atoms with Gasteiger partial charge in [0, 0.05) is 6.42 Å². The zero-order chi connectivity index (χ0) is 41.7. The van der Waals surface area contributed by atoms with E-state index in [-0.39, 0.29) is 24.9 Å². The highest BCUT2D eigenvalue weighted by molar-refractivity contribution is 5.77. The molecule has 0 heterocycles. The van der Waals surface area contributed by atoms with Gasteiger partial charge in [0.25, 0.3) is 0 Å². The number of allylic oxidation sites excluding steroid dienone is 4. The van der Waals surface area contributed by atoms with Crippen molar-refractivity contribution in [2.24, 2.45) is 0 Å². The number of aliphatic hydroxyl groups excluding tert-OH is 2. The Morgan fingerprint density at radius 2 is 0.877 bits per heavy atom. The van der Waals surface area contributed by atoms with Crippen molar-refractivity contribution < 1.29 is 24.5 Å². The molecule has 1 amide bonds. The van der Waals surface area contributed by atoms with Gasteiger partial charge in [0.05, 0.1) is 25.2 Å². The first-order chi connectivity index (χ1) is 28.0. The maximum atomic E-state index is 13.2. The minimum absolute atomic E-state index is 0.0689. The summed E-state index contributed by atoms with van der Waals surface area (Å²) in [6.45, 7) is 6.45. The monoisotopic (exact) mass is 804 g/mol. The second kappa shape index (κ2) is 45.4. The van der Waals surface area contributed by atoms with E-state index in [0.717, 1.165) is 70.6 Å². The van der Waals surface area contributed by atoms with Gasteiger partial charge in [0.2, 0.25) is 5.91 Å². The normalized spacial score (nSPS) is 13.4. The van der Waals surface area contributed by atoms with Crippen LogP contribution in [0.4, 0.5) is 0 Å². The minimum atomic E-state index is -0.788. The number of hydrogen-bond acceptors (Lipinski definition) is 5. The molecule has 6 heteroatoms. The van der Waals surface area contributed by atoms with Gasteiger partial charge in [-0.1, -0.05) is 225 Å². The second-order valence-electron chi connectivity index (χ2n) is 17.3. The first-order valence-corrected chi connectivity index (χ1v) is 25.1. The SMILES string of the molecule is CCCCC/C=C/C=C/CCCCCCC(CC(=O)NC(CO)C(O)CCCCCCCCCCCCCCCC)OC(=O)CCCCCCCCCCCCC. The predicted molar refractivity (Wildman–Crippen MR) is 246 cm³/mol. The topological polar surface area (TPSA) is 95.9 Å². The number of hydrogen-bond donors (Lipinski definition) is 3. The third-order valence-electron chi connectivity index (χ3n) is 11.6. The molecule has 336 valence electrons. The highest BCUT2D eigenvalue weighted by Crippen LogP contribution is 2.18. The van der Waals surface area contributed by atoms with E-state index < -0.39 is 18.2 Å². The predicted octanol–water partition coefficient (Wildman–Crippen LogP) is 14.7. The molecule has 0 aliphatic heterocycles. The first-order valence-electron chi connectivity index (χ1n) is 25.1. The number of rotatable bonds is 45. The number of carbonyl (C=O) groups excluding carboxylic acids is 2. The van der Waals surface area contributed by atoms with Crippen molar-refractivity contribution in [2.75, 3.05) is 6.61 Å². The Morgan fingerprint density at radius 1 is 0.509 bits per heavy atom. The highest BCUT2D eigenvalue weighted by atomic mass is 16.5. The smallest absolute Gasteiger partial charge is 0.306 e. The van der Waals surface area contributed by atoms with Gasteiger partial charge in [0.15, 0.2) is 0 Å². The van der Waals surface area contributed by atoms with Crippen LogP contribution in [0.15, 0.2) is 24.3 Å². The Balaban J connectivity index is 4.56. The largest absolute Gasteiger partial charge is 0.462 e. The van der Waals surface area contributed by atoms with Crippen molar-refractivity contribution in [3.8, 4) is 0 Å². The molecule has 0 fully saturated rings. The van der Waals surface area contributed by atoms with Crippen molar-refractivity contribution in [2.45, 2.75) is 283 Å². The lowest BCUT2D eigenvalue weighted by Crippen LogP contribution is -2.46. The van der Waals surface area contributed by atoms with E-state index in [1.165, 1.54) is 148 Å². The maximum absolute atomic E-state index is 13.2. The third kappa shape index (κ3) is 40.9. The first kappa shape index (κ1) is 55.3. The molecular weight excluding hydrogens is 707 g/mol. The van der Waals surface area contributed by atoms with E-state index >= 15 is 0 Å². The summed E-state index contributed by atoms with van der Waals surface area (Å²) in [6, 6.07) is -0.702. The van der Waals surface area contributed by atoms with Gasteiger partial charge in [-0.2, -0.15) is 0 Å². The molecule has 0 aromatic heterocycles. The molecule has 0 spiro atoms. The van der Waals surface area contributed by atoms with E-state index in [9.17, 15) is 19.8 Å². The Kier molecular flexibility index (Phi) is 44.1. The van der Waals surface area contributed by atoms with Crippen molar-refractivity contribution >= 4 is 11.9 Å². The number of ether oxygens (including phenoxy) is 1. The molecule has 57 heavy (non-hydrogen) atoms. The second-order valence-corrected chi connectivity index (χ2v) is 17.3. The standard InChI is InChI=1S/C51H97NO5/c1-4-7-10-13-16-19-22-24-26-29-31-34-37-40-43-49(54)48(46-53)52-50(55)45-47(42-39-36-33-30-28-25-23-20-17-14-11-8-5-2)57-51(56)44-41-38-35-32-27-21-18-15-12-9-6-3/h17,20,23,25,47-49,53-54H,4-16,18-19,21-22,24,26-46H2,1-3H3,(H,52,55)/b20-17+,25-23+. The maximum Gasteiger partial charge on any atom is 0.306 e. The van der Waals surface area contributed by atoms with Crippen LogP contribution in [0, 0.1) is 0 Å². The van der Waals surface area contributed by atoms with Crippen LogP contribution in [0.5, 0.6) is 0 Å². The quantitative estimate of drug-likeness (QED) is 0.0324. The molecule has 0 aromatic rings. The summed E-state index contributed by atoms with van der Waals surface area (Å²) in [5.74, 6) is -0.484. The number of aliphatic hydroxyl groups is 2. The fourth-order valence-corrected chi connectivity index (χ4v) is 7.72. The molecular formula is C51H97NO5. The van der Waals surface area contributed by atoms with E-state index in [2.05, 4.69) is 50.4 Å². The zero-order valence-electron chi connectivity index (χ0n) is 38.2. The Hall–Kier alpha value is -1.66. The molecule has 0 aliphatic rings. The van der Waals surface area contributed by atoms with Crippen molar-refractivity contribution in [3.63, 3.8) is 0 Å².